The fourth-order valence-corrected chi connectivity index (χ4v) is 5.04. The first kappa shape index (κ1) is 18.2. The van der Waals surface area contributed by atoms with Gasteiger partial charge in [0.2, 0.25) is 0 Å². The van der Waals surface area contributed by atoms with Crippen LogP contribution in [-0.2, 0) is 10.4 Å². The van der Waals surface area contributed by atoms with E-state index >= 15 is 0 Å². The summed E-state index contributed by atoms with van der Waals surface area (Å²) in [5.74, 6) is 0. The Balaban J connectivity index is 0.000000368. The molecule has 2 aromatic carbocycles. The summed E-state index contributed by atoms with van der Waals surface area (Å²) in [5, 5.41) is 21.5. The van der Waals surface area contributed by atoms with Gasteiger partial charge in [-0.2, -0.15) is 8.42 Å². The normalized spacial score (nSPS) is 12.1. The number of fused-ring (bicyclic) bond motifs is 3. The summed E-state index contributed by atoms with van der Waals surface area (Å²) in [6.45, 7) is 0. The zero-order chi connectivity index (χ0) is 18.1. The van der Waals surface area contributed by atoms with Crippen molar-refractivity contribution in [1.29, 1.82) is 0 Å². The van der Waals surface area contributed by atoms with Gasteiger partial charge >= 0.3 is 128 Å². The van der Waals surface area contributed by atoms with Gasteiger partial charge in [0.25, 0.3) is 0 Å². The van der Waals surface area contributed by atoms with E-state index in [-0.39, 0.29) is 11.4 Å². The van der Waals surface area contributed by atoms with E-state index in [1.54, 1.807) is 24.3 Å². The van der Waals surface area contributed by atoms with Crippen LogP contribution in [0.25, 0.3) is 11.1 Å². The molecule has 24 heavy (non-hydrogen) atoms. The van der Waals surface area contributed by atoms with E-state index in [1.807, 2.05) is 0 Å². The topological polar surface area (TPSA) is 161 Å². The van der Waals surface area contributed by atoms with Crippen molar-refractivity contribution in [2.75, 3.05) is 0 Å². The van der Waals surface area contributed by atoms with Crippen molar-refractivity contribution in [3.05, 3.63) is 63.8 Å². The molecule has 12 heteroatoms. The van der Waals surface area contributed by atoms with Crippen molar-refractivity contribution >= 4 is 21.8 Å². The molecule has 0 spiro atoms. The third-order valence-corrected chi connectivity index (χ3v) is 5.77. The molecule has 0 amide bonds. The molecule has 1 heterocycles. The number of non-ortho nitro benzene ring substituents is 2. The maximum atomic E-state index is 10.7. The Morgan fingerprint density at radius 3 is 1.46 bits per heavy atom. The fraction of sp³-hybridized carbons (Fsp3) is 0. The Morgan fingerprint density at radius 1 is 0.833 bits per heavy atom. The third-order valence-electron chi connectivity index (χ3n) is 2.82. The van der Waals surface area contributed by atoms with E-state index in [2.05, 4.69) is 0 Å². The summed E-state index contributed by atoms with van der Waals surface area (Å²) < 4.78 is 33.5. The molecule has 0 saturated carbocycles. The number of nitro groups is 2. The Kier molecular flexibility index (Phi) is 5.12. The summed E-state index contributed by atoms with van der Waals surface area (Å²) in [6.07, 6.45) is 0. The van der Waals surface area contributed by atoms with E-state index in [9.17, 15) is 20.2 Å². The van der Waals surface area contributed by atoms with Gasteiger partial charge in [0.1, 0.15) is 0 Å². The van der Waals surface area contributed by atoms with Gasteiger partial charge in [0.15, 0.2) is 0 Å². The number of hydrogen-bond acceptors (Lipinski definition) is 6. The van der Waals surface area contributed by atoms with Crippen LogP contribution in [0.4, 0.5) is 11.4 Å². The summed E-state index contributed by atoms with van der Waals surface area (Å²) >= 11 is -0.591. The average Bonchev–Trinajstić information content (AvgIpc) is 2.81. The molecule has 128 valence electrons. The molecule has 1 aliphatic heterocycles. The number of benzene rings is 2. The van der Waals surface area contributed by atoms with E-state index in [0.29, 0.717) is 0 Å². The molecule has 0 fully saturated rings. The van der Waals surface area contributed by atoms with Gasteiger partial charge in [0.05, 0.1) is 0 Å². The first-order valence-corrected chi connectivity index (χ1v) is 9.53. The number of hydrogen-bond donors (Lipinski definition) is 2. The SMILES string of the molecule is O=S(=O)(O)O.O=[N+]([O-])c1ccc2c(c1)[I-]c1cc([N+](=O)[O-])ccc1-2. The van der Waals surface area contributed by atoms with Crippen LogP contribution >= 0.6 is 0 Å². The summed E-state index contributed by atoms with van der Waals surface area (Å²) in [7, 11) is -4.67. The van der Waals surface area contributed by atoms with Crippen LogP contribution in [0, 0.1) is 27.4 Å². The first-order valence-electron chi connectivity index (χ1n) is 5.98. The van der Waals surface area contributed by atoms with Crippen LogP contribution < -0.4 is 21.2 Å². The molecule has 0 bridgehead atoms. The zero-order valence-electron chi connectivity index (χ0n) is 11.5. The minimum absolute atomic E-state index is 0.0701. The molecule has 0 unspecified atom stereocenters. The molecular weight excluding hydrogens is 459 g/mol. The second-order valence-electron chi connectivity index (χ2n) is 4.38. The van der Waals surface area contributed by atoms with Crippen molar-refractivity contribution in [2.24, 2.45) is 0 Å². The zero-order valence-corrected chi connectivity index (χ0v) is 14.5. The van der Waals surface area contributed by atoms with Crippen LogP contribution in [0.2, 0.25) is 0 Å². The standard InChI is InChI=1S/C12H6IN2O4.H2O4S/c16-14(17)7-1-3-9-10-4-2-8(15(18)19)6-12(10)13-11(9)5-7;1-5(2,3)4/h1-6H;(H2,1,2,3,4)/q-1;. The van der Waals surface area contributed by atoms with Gasteiger partial charge in [-0.3, -0.25) is 9.11 Å². The fourth-order valence-electron chi connectivity index (χ4n) is 1.94. The van der Waals surface area contributed by atoms with Gasteiger partial charge in [-0.1, -0.05) is 0 Å². The van der Waals surface area contributed by atoms with Crippen molar-refractivity contribution in [3.8, 4) is 11.1 Å². The second-order valence-corrected chi connectivity index (χ2v) is 8.14. The predicted octanol–water partition coefficient (Wildman–Crippen LogP) is -1.04. The Labute approximate surface area is 145 Å². The molecule has 0 saturated heterocycles. The number of nitro benzene ring substituents is 2. The predicted molar refractivity (Wildman–Crippen MR) is 76.8 cm³/mol. The summed E-state index contributed by atoms with van der Waals surface area (Å²) in [6, 6.07) is 9.55. The molecule has 0 radical (unpaired) electrons. The Hall–Kier alpha value is -2.16. The van der Waals surface area contributed by atoms with Crippen molar-refractivity contribution in [3.63, 3.8) is 0 Å². The molecule has 1 aliphatic rings. The Bertz CT molecular complexity index is 875. The molecular formula is C12H8IN2O8S-. The molecule has 3 rings (SSSR count). The van der Waals surface area contributed by atoms with E-state index in [4.69, 9.17) is 17.5 Å². The van der Waals surface area contributed by atoms with Crippen LogP contribution in [-0.4, -0.2) is 27.4 Å². The second kappa shape index (κ2) is 6.76. The number of halogens is 1. The van der Waals surface area contributed by atoms with Gasteiger partial charge in [-0.25, -0.2) is 0 Å². The number of nitrogens with zero attached hydrogens (tertiary/aromatic N) is 2. The van der Waals surface area contributed by atoms with Crippen LogP contribution in [0.15, 0.2) is 36.4 Å². The average molecular weight is 467 g/mol. The minimum atomic E-state index is -4.67. The molecule has 2 aromatic rings. The molecule has 0 aliphatic carbocycles. The summed E-state index contributed by atoms with van der Waals surface area (Å²) in [4.78, 5) is 20.6. The summed E-state index contributed by atoms with van der Waals surface area (Å²) in [5.41, 5.74) is 2.06. The molecule has 0 atom stereocenters. The monoisotopic (exact) mass is 467 g/mol. The number of rotatable bonds is 2. The molecule has 0 aromatic heterocycles. The maximum absolute atomic E-state index is 10.7. The van der Waals surface area contributed by atoms with Crippen LogP contribution in [0.5, 0.6) is 0 Å². The van der Waals surface area contributed by atoms with Crippen molar-refractivity contribution in [2.45, 2.75) is 0 Å². The Morgan fingerprint density at radius 2 is 1.17 bits per heavy atom. The van der Waals surface area contributed by atoms with Crippen molar-refractivity contribution in [1.82, 2.24) is 0 Å². The van der Waals surface area contributed by atoms with Gasteiger partial charge in [0, 0.05) is 0 Å². The first-order chi connectivity index (χ1) is 11.1. The van der Waals surface area contributed by atoms with Gasteiger partial charge < -0.3 is 0 Å². The van der Waals surface area contributed by atoms with E-state index in [0.717, 1.165) is 18.3 Å². The quantitative estimate of drug-likeness (QED) is 0.209. The van der Waals surface area contributed by atoms with Crippen LogP contribution in [0.1, 0.15) is 0 Å². The van der Waals surface area contributed by atoms with Crippen LogP contribution in [0.3, 0.4) is 0 Å². The van der Waals surface area contributed by atoms with Crippen molar-refractivity contribution < 1.29 is 48.6 Å². The molecule has 10 nitrogen and oxygen atoms in total. The van der Waals surface area contributed by atoms with Gasteiger partial charge in [-0.05, 0) is 0 Å². The van der Waals surface area contributed by atoms with Gasteiger partial charge in [-0.15, -0.1) is 0 Å². The third kappa shape index (κ3) is 4.44. The van der Waals surface area contributed by atoms with E-state index in [1.165, 1.54) is 12.1 Å². The van der Waals surface area contributed by atoms with E-state index < -0.39 is 41.5 Å². The molecule has 2 N–H and O–H groups in total.